The second-order valence-corrected chi connectivity index (χ2v) is 14.0. The molecule has 0 saturated heterocycles. The number of thiophene rings is 1. The predicted octanol–water partition coefficient (Wildman–Crippen LogP) is 14.3. The van der Waals surface area contributed by atoms with Crippen molar-refractivity contribution in [1.29, 1.82) is 0 Å². The topological polar surface area (TPSA) is 3.24 Å². The molecule has 1 aromatic heterocycles. The van der Waals surface area contributed by atoms with Gasteiger partial charge in [0, 0.05) is 37.2 Å². The molecule has 0 N–H and O–H groups in total. The van der Waals surface area contributed by atoms with Crippen molar-refractivity contribution in [2.24, 2.45) is 0 Å². The van der Waals surface area contributed by atoms with Crippen LogP contribution in [0.15, 0.2) is 188 Å². The third-order valence-corrected chi connectivity index (χ3v) is 11.3. The molecule has 0 aliphatic carbocycles. The van der Waals surface area contributed by atoms with Crippen molar-refractivity contribution in [1.82, 2.24) is 0 Å². The zero-order chi connectivity index (χ0) is 33.0. The Morgan fingerprint density at radius 3 is 1.68 bits per heavy atom. The van der Waals surface area contributed by atoms with Crippen LogP contribution in [0.1, 0.15) is 0 Å². The van der Waals surface area contributed by atoms with Crippen molar-refractivity contribution in [2.45, 2.75) is 0 Å². The molecule has 0 spiro atoms. The van der Waals surface area contributed by atoms with Crippen molar-refractivity contribution in [3.63, 3.8) is 0 Å². The summed E-state index contributed by atoms with van der Waals surface area (Å²) in [6.45, 7) is 0. The largest absolute Gasteiger partial charge is 0.310 e. The molecule has 0 radical (unpaired) electrons. The molecule has 0 bridgehead atoms. The minimum absolute atomic E-state index is 1.12. The predicted molar refractivity (Wildman–Crippen MR) is 217 cm³/mol. The number of benzene rings is 9. The van der Waals surface area contributed by atoms with Gasteiger partial charge in [-0.3, -0.25) is 0 Å². The van der Waals surface area contributed by atoms with Crippen LogP contribution in [0.5, 0.6) is 0 Å². The minimum atomic E-state index is 1.12. The van der Waals surface area contributed by atoms with Crippen LogP contribution >= 0.6 is 11.3 Å². The van der Waals surface area contributed by atoms with E-state index in [4.69, 9.17) is 0 Å². The summed E-state index contributed by atoms with van der Waals surface area (Å²) in [4.78, 5) is 2.38. The quantitative estimate of drug-likeness (QED) is 0.167. The molecule has 10 aromatic rings. The summed E-state index contributed by atoms with van der Waals surface area (Å²) in [5.74, 6) is 0. The van der Waals surface area contributed by atoms with Crippen LogP contribution in [-0.2, 0) is 0 Å². The molecule has 0 aliphatic heterocycles. The molecule has 0 amide bonds. The highest BCUT2D eigenvalue weighted by molar-refractivity contribution is 7.26. The van der Waals surface area contributed by atoms with Gasteiger partial charge in [0.1, 0.15) is 0 Å². The fraction of sp³-hybridized carbons (Fsp3) is 0. The molecular formula is C48H31NS. The highest BCUT2D eigenvalue weighted by Crippen LogP contribution is 2.42. The van der Waals surface area contributed by atoms with Crippen LogP contribution in [0.25, 0.3) is 74.7 Å². The summed E-state index contributed by atoms with van der Waals surface area (Å²) < 4.78 is 2.66. The van der Waals surface area contributed by atoms with Gasteiger partial charge >= 0.3 is 0 Å². The summed E-state index contributed by atoms with van der Waals surface area (Å²) in [7, 11) is 0. The SMILES string of the molecule is c1ccc2cc(-c3ccc(N(c4ccc(-c5cccc6c5sc5ccccc56)cc4)c4ccc5ccc6ccccc6c5c4)cc3)ccc2c1. The van der Waals surface area contributed by atoms with Gasteiger partial charge in [0.15, 0.2) is 0 Å². The van der Waals surface area contributed by atoms with Gasteiger partial charge in [-0.05, 0) is 103 Å². The van der Waals surface area contributed by atoms with E-state index in [0.717, 1.165) is 17.1 Å². The zero-order valence-electron chi connectivity index (χ0n) is 27.3. The standard InChI is InChI=1S/C48H31NS/c1-2-10-37-30-38(19-16-32(37)8-1)33-20-25-39(26-21-33)49(41-29-24-36-18-17-34-9-3-4-11-42(34)46(36)31-41)40-27-22-35(23-28-40)43-13-7-14-45-44-12-5-6-15-47(44)50-48(43)45/h1-31H. The zero-order valence-corrected chi connectivity index (χ0v) is 28.1. The highest BCUT2D eigenvalue weighted by atomic mass is 32.1. The molecule has 50 heavy (non-hydrogen) atoms. The molecule has 2 heteroatoms. The smallest absolute Gasteiger partial charge is 0.0468 e. The van der Waals surface area contributed by atoms with E-state index >= 15 is 0 Å². The van der Waals surface area contributed by atoms with Crippen LogP contribution in [0.2, 0.25) is 0 Å². The molecular weight excluding hydrogens is 623 g/mol. The average Bonchev–Trinajstić information content (AvgIpc) is 3.57. The Labute approximate surface area is 294 Å². The normalized spacial score (nSPS) is 11.6. The lowest BCUT2D eigenvalue weighted by Gasteiger charge is -2.26. The maximum absolute atomic E-state index is 2.38. The Bertz CT molecular complexity index is 2860. The molecule has 10 rings (SSSR count). The molecule has 0 aliphatic rings. The fourth-order valence-corrected chi connectivity index (χ4v) is 8.75. The highest BCUT2D eigenvalue weighted by Gasteiger charge is 2.16. The molecule has 234 valence electrons. The van der Waals surface area contributed by atoms with Crippen molar-refractivity contribution in [3.8, 4) is 22.3 Å². The number of anilines is 3. The Morgan fingerprint density at radius 2 is 0.880 bits per heavy atom. The number of hydrogen-bond acceptors (Lipinski definition) is 2. The third-order valence-electron chi connectivity index (χ3n) is 10.0. The maximum Gasteiger partial charge on any atom is 0.0468 e. The second kappa shape index (κ2) is 11.7. The minimum Gasteiger partial charge on any atom is -0.310 e. The van der Waals surface area contributed by atoms with E-state index in [1.807, 2.05) is 11.3 Å². The summed E-state index contributed by atoms with van der Waals surface area (Å²) in [6.07, 6.45) is 0. The van der Waals surface area contributed by atoms with E-state index in [-0.39, 0.29) is 0 Å². The van der Waals surface area contributed by atoms with Gasteiger partial charge in [-0.25, -0.2) is 0 Å². The van der Waals surface area contributed by atoms with E-state index in [1.165, 1.54) is 74.7 Å². The van der Waals surface area contributed by atoms with Crippen LogP contribution in [-0.4, -0.2) is 0 Å². The average molecular weight is 654 g/mol. The first-order valence-electron chi connectivity index (χ1n) is 17.1. The van der Waals surface area contributed by atoms with E-state index in [2.05, 4.69) is 193 Å². The van der Waals surface area contributed by atoms with E-state index in [0.29, 0.717) is 0 Å². The van der Waals surface area contributed by atoms with Crippen LogP contribution in [0, 0.1) is 0 Å². The number of fused-ring (bicyclic) bond motifs is 7. The number of hydrogen-bond donors (Lipinski definition) is 0. The van der Waals surface area contributed by atoms with Crippen LogP contribution in [0.3, 0.4) is 0 Å². The summed E-state index contributed by atoms with van der Waals surface area (Å²) in [6, 6.07) is 68.8. The summed E-state index contributed by atoms with van der Waals surface area (Å²) >= 11 is 1.88. The van der Waals surface area contributed by atoms with Crippen LogP contribution in [0.4, 0.5) is 17.1 Å². The van der Waals surface area contributed by atoms with Crippen molar-refractivity contribution in [2.75, 3.05) is 4.90 Å². The molecule has 0 atom stereocenters. The lowest BCUT2D eigenvalue weighted by atomic mass is 9.99. The lowest BCUT2D eigenvalue weighted by Crippen LogP contribution is -2.09. The Morgan fingerprint density at radius 1 is 0.320 bits per heavy atom. The first-order valence-corrected chi connectivity index (χ1v) is 17.9. The second-order valence-electron chi connectivity index (χ2n) is 13.0. The Hall–Kier alpha value is -6.22. The monoisotopic (exact) mass is 653 g/mol. The van der Waals surface area contributed by atoms with Crippen molar-refractivity contribution in [3.05, 3.63) is 188 Å². The number of nitrogens with zero attached hydrogens (tertiary/aromatic N) is 1. The van der Waals surface area contributed by atoms with Gasteiger partial charge in [0.05, 0.1) is 0 Å². The third kappa shape index (κ3) is 4.84. The molecule has 0 fully saturated rings. The van der Waals surface area contributed by atoms with Crippen molar-refractivity contribution >= 4 is 80.9 Å². The first-order chi connectivity index (χ1) is 24.8. The van der Waals surface area contributed by atoms with E-state index < -0.39 is 0 Å². The van der Waals surface area contributed by atoms with Gasteiger partial charge in [0.25, 0.3) is 0 Å². The molecule has 0 saturated carbocycles. The van der Waals surface area contributed by atoms with Crippen LogP contribution < -0.4 is 4.90 Å². The van der Waals surface area contributed by atoms with Gasteiger partial charge in [-0.1, -0.05) is 140 Å². The fourth-order valence-electron chi connectivity index (χ4n) is 7.51. The lowest BCUT2D eigenvalue weighted by molar-refractivity contribution is 1.29. The Balaban J connectivity index is 1.10. The van der Waals surface area contributed by atoms with Gasteiger partial charge in [-0.2, -0.15) is 0 Å². The molecule has 0 unspecified atom stereocenters. The first kappa shape index (κ1) is 28.8. The van der Waals surface area contributed by atoms with Gasteiger partial charge in [-0.15, -0.1) is 11.3 Å². The maximum atomic E-state index is 2.38. The van der Waals surface area contributed by atoms with Crippen molar-refractivity contribution < 1.29 is 0 Å². The molecule has 9 aromatic carbocycles. The van der Waals surface area contributed by atoms with Gasteiger partial charge in [0.2, 0.25) is 0 Å². The summed E-state index contributed by atoms with van der Waals surface area (Å²) in [5.41, 5.74) is 8.30. The molecule has 1 heterocycles. The van der Waals surface area contributed by atoms with Gasteiger partial charge < -0.3 is 4.90 Å². The summed E-state index contributed by atoms with van der Waals surface area (Å²) in [5, 5.41) is 10.2. The van der Waals surface area contributed by atoms with E-state index in [9.17, 15) is 0 Å². The molecule has 1 nitrogen and oxygen atoms in total. The van der Waals surface area contributed by atoms with E-state index in [1.54, 1.807) is 0 Å². The Kier molecular flexibility index (Phi) is 6.75. The number of rotatable bonds is 5.